The number of hydrogen-bond donors (Lipinski definition) is 1. The van der Waals surface area contributed by atoms with Crippen molar-refractivity contribution >= 4 is 12.0 Å². The van der Waals surface area contributed by atoms with Crippen LogP contribution in [0.15, 0.2) is 30.9 Å². The monoisotopic (exact) mass is 346 g/mol. The third kappa shape index (κ3) is 2.50. The Kier molecular flexibility index (Phi) is 4.32. The van der Waals surface area contributed by atoms with Gasteiger partial charge in [0.1, 0.15) is 5.92 Å². The van der Waals surface area contributed by atoms with Crippen molar-refractivity contribution in [3.05, 3.63) is 36.4 Å². The van der Waals surface area contributed by atoms with Gasteiger partial charge >= 0.3 is 12.0 Å². The van der Waals surface area contributed by atoms with Gasteiger partial charge in [0, 0.05) is 12.1 Å². The van der Waals surface area contributed by atoms with Crippen molar-refractivity contribution < 1.29 is 23.8 Å². The number of para-hydroxylation sites is 1. The van der Waals surface area contributed by atoms with E-state index in [4.69, 9.17) is 14.2 Å². The highest BCUT2D eigenvalue weighted by Crippen LogP contribution is 2.51. The summed E-state index contributed by atoms with van der Waals surface area (Å²) in [6, 6.07) is 4.56. The third-order valence-electron chi connectivity index (χ3n) is 4.69. The summed E-state index contributed by atoms with van der Waals surface area (Å²) in [5.41, 5.74) is -0.514. The second-order valence-corrected chi connectivity index (χ2v) is 6.09. The molecule has 0 radical (unpaired) electrons. The average Bonchev–Trinajstić information content (AvgIpc) is 2.59. The molecule has 0 saturated carbocycles. The molecule has 2 heterocycles. The predicted molar refractivity (Wildman–Crippen MR) is 90.3 cm³/mol. The van der Waals surface area contributed by atoms with Gasteiger partial charge in [-0.2, -0.15) is 0 Å². The maximum Gasteiger partial charge on any atom is 0.321 e. The Hall–Kier alpha value is -2.70. The van der Waals surface area contributed by atoms with Gasteiger partial charge in [0.2, 0.25) is 0 Å². The van der Waals surface area contributed by atoms with Crippen LogP contribution in [0.5, 0.6) is 11.5 Å². The third-order valence-corrected chi connectivity index (χ3v) is 4.69. The van der Waals surface area contributed by atoms with E-state index in [9.17, 15) is 9.59 Å². The van der Waals surface area contributed by atoms with Gasteiger partial charge in [-0.1, -0.05) is 18.2 Å². The highest BCUT2D eigenvalue weighted by molar-refractivity contribution is 5.84. The average molecular weight is 346 g/mol. The molecule has 25 heavy (non-hydrogen) atoms. The van der Waals surface area contributed by atoms with Crippen LogP contribution in [-0.2, 0) is 9.53 Å². The normalized spacial score (nSPS) is 26.8. The molecule has 2 amide bonds. The fourth-order valence-corrected chi connectivity index (χ4v) is 3.59. The van der Waals surface area contributed by atoms with Crippen LogP contribution in [0.4, 0.5) is 4.79 Å². The molecule has 1 aromatic carbocycles. The van der Waals surface area contributed by atoms with E-state index in [1.54, 1.807) is 19.1 Å². The molecule has 2 aliphatic heterocycles. The van der Waals surface area contributed by atoms with Crippen LogP contribution in [0.25, 0.3) is 0 Å². The molecular formula is C18H22N2O5. The molecular weight excluding hydrogens is 324 g/mol. The molecule has 0 aliphatic carbocycles. The smallest absolute Gasteiger partial charge is 0.321 e. The summed E-state index contributed by atoms with van der Waals surface area (Å²) in [6.07, 6.45) is 1.59. The summed E-state index contributed by atoms with van der Waals surface area (Å²) in [7, 11) is 1.33. The van der Waals surface area contributed by atoms with Crippen LogP contribution in [0.1, 0.15) is 25.5 Å². The van der Waals surface area contributed by atoms with Gasteiger partial charge in [-0.3, -0.25) is 9.69 Å². The number of nitrogens with one attached hydrogen (secondary N) is 1. The van der Waals surface area contributed by atoms with Crippen LogP contribution in [0.3, 0.4) is 0 Å². The number of benzene rings is 1. The number of amides is 2. The second kappa shape index (κ2) is 6.31. The Morgan fingerprint density at radius 1 is 1.52 bits per heavy atom. The number of urea groups is 1. The zero-order chi connectivity index (χ0) is 18.2. The Morgan fingerprint density at radius 2 is 2.28 bits per heavy atom. The van der Waals surface area contributed by atoms with Crippen molar-refractivity contribution in [3.8, 4) is 11.5 Å². The van der Waals surface area contributed by atoms with Crippen molar-refractivity contribution in [2.24, 2.45) is 5.92 Å². The minimum atomic E-state index is -1.21. The molecule has 0 spiro atoms. The quantitative estimate of drug-likeness (QED) is 0.653. The molecule has 1 saturated heterocycles. The minimum absolute atomic E-state index is 0.231. The van der Waals surface area contributed by atoms with Crippen LogP contribution < -0.4 is 14.8 Å². The lowest BCUT2D eigenvalue weighted by molar-refractivity contribution is -0.175. The number of esters is 1. The molecule has 2 bridgehead atoms. The first kappa shape index (κ1) is 17.1. The van der Waals surface area contributed by atoms with Crippen molar-refractivity contribution in [2.75, 3.05) is 20.3 Å². The van der Waals surface area contributed by atoms with Crippen LogP contribution in [0, 0.1) is 5.92 Å². The molecule has 134 valence electrons. The van der Waals surface area contributed by atoms with Crippen LogP contribution in [-0.4, -0.2) is 42.9 Å². The van der Waals surface area contributed by atoms with E-state index in [1.165, 1.54) is 12.0 Å². The van der Waals surface area contributed by atoms with E-state index in [-0.39, 0.29) is 12.6 Å². The first-order valence-electron chi connectivity index (χ1n) is 8.19. The summed E-state index contributed by atoms with van der Waals surface area (Å²) in [4.78, 5) is 26.6. The fourth-order valence-electron chi connectivity index (χ4n) is 3.59. The minimum Gasteiger partial charge on any atom is -0.490 e. The van der Waals surface area contributed by atoms with Gasteiger partial charge in [-0.25, -0.2) is 4.79 Å². The van der Waals surface area contributed by atoms with E-state index < -0.39 is 23.7 Å². The number of carbonyl (C=O) groups is 2. The van der Waals surface area contributed by atoms with Gasteiger partial charge in [-0.05, 0) is 19.9 Å². The molecule has 2 aliphatic rings. The Balaban J connectivity index is 2.18. The standard InChI is InChI=1S/C18H22N2O5/c1-5-10-20-17(22)19-14-11-8-7-9-12(24-6-2)15(11)25-18(20,3)13(14)16(21)23-4/h5,7-9,13-14H,1,6,10H2,2-4H3,(H,19,22). The lowest BCUT2D eigenvalue weighted by Crippen LogP contribution is -2.71. The summed E-state index contributed by atoms with van der Waals surface area (Å²) in [5.74, 6) is -0.0612. The van der Waals surface area contributed by atoms with Crippen molar-refractivity contribution in [2.45, 2.75) is 25.6 Å². The first-order valence-corrected chi connectivity index (χ1v) is 8.19. The van der Waals surface area contributed by atoms with Gasteiger partial charge in [0.05, 0.1) is 19.8 Å². The van der Waals surface area contributed by atoms with Crippen molar-refractivity contribution in [3.63, 3.8) is 0 Å². The highest BCUT2D eigenvalue weighted by Gasteiger charge is 2.60. The number of ether oxygens (including phenoxy) is 3. The largest absolute Gasteiger partial charge is 0.490 e. The Labute approximate surface area is 146 Å². The zero-order valence-electron chi connectivity index (χ0n) is 14.6. The number of nitrogens with zero attached hydrogens (tertiary/aromatic N) is 1. The summed E-state index contributed by atoms with van der Waals surface area (Å²) in [5, 5.41) is 2.90. The fraction of sp³-hybridized carbons (Fsp3) is 0.444. The molecule has 0 aromatic heterocycles. The van der Waals surface area contributed by atoms with Crippen LogP contribution >= 0.6 is 0 Å². The Morgan fingerprint density at radius 3 is 2.92 bits per heavy atom. The van der Waals surface area contributed by atoms with Gasteiger partial charge < -0.3 is 19.5 Å². The van der Waals surface area contributed by atoms with E-state index >= 15 is 0 Å². The predicted octanol–water partition coefficient (Wildman–Crippen LogP) is 2.24. The molecule has 7 heteroatoms. The molecule has 1 N–H and O–H groups in total. The molecule has 3 atom stereocenters. The maximum atomic E-state index is 12.6. The van der Waals surface area contributed by atoms with E-state index in [2.05, 4.69) is 11.9 Å². The van der Waals surface area contributed by atoms with Crippen molar-refractivity contribution in [1.29, 1.82) is 0 Å². The maximum absolute atomic E-state index is 12.6. The number of rotatable bonds is 5. The number of hydrogen-bond acceptors (Lipinski definition) is 5. The Bertz CT molecular complexity index is 719. The van der Waals surface area contributed by atoms with Crippen molar-refractivity contribution in [1.82, 2.24) is 10.2 Å². The number of methoxy groups -OCH3 is 1. The number of carbonyl (C=O) groups excluding carboxylic acids is 2. The summed E-state index contributed by atoms with van der Waals surface area (Å²) >= 11 is 0. The molecule has 3 unspecified atom stereocenters. The summed E-state index contributed by atoms with van der Waals surface area (Å²) in [6.45, 7) is 8.00. The van der Waals surface area contributed by atoms with Gasteiger partial charge in [0.15, 0.2) is 17.2 Å². The SMILES string of the molecule is C=CCN1C(=O)NC2c3cccc(OCC)c3OC1(C)C2C(=O)OC. The molecule has 3 rings (SSSR count). The molecule has 1 aromatic rings. The van der Waals surface area contributed by atoms with Crippen LogP contribution in [0.2, 0.25) is 0 Å². The summed E-state index contributed by atoms with van der Waals surface area (Å²) < 4.78 is 16.9. The lowest BCUT2D eigenvalue weighted by atomic mass is 9.79. The van der Waals surface area contributed by atoms with E-state index in [0.717, 1.165) is 0 Å². The van der Waals surface area contributed by atoms with E-state index in [0.29, 0.717) is 23.7 Å². The molecule has 7 nitrogen and oxygen atoms in total. The topological polar surface area (TPSA) is 77.1 Å². The molecule has 1 fully saturated rings. The van der Waals surface area contributed by atoms with Gasteiger partial charge in [-0.15, -0.1) is 6.58 Å². The lowest BCUT2D eigenvalue weighted by Gasteiger charge is -2.54. The zero-order valence-corrected chi connectivity index (χ0v) is 14.6. The first-order chi connectivity index (χ1) is 12.0. The second-order valence-electron chi connectivity index (χ2n) is 6.09. The van der Waals surface area contributed by atoms with Gasteiger partial charge in [0.25, 0.3) is 0 Å². The highest BCUT2D eigenvalue weighted by atomic mass is 16.6. The van der Waals surface area contributed by atoms with E-state index in [1.807, 2.05) is 19.1 Å². The number of fused-ring (bicyclic) bond motifs is 4.